The third-order valence-electron chi connectivity index (χ3n) is 6.03. The number of nitrogen functional groups attached to an aromatic ring is 1. The zero-order valence-corrected chi connectivity index (χ0v) is 21.1. The maximum Gasteiger partial charge on any atom is 0.266 e. The number of anilines is 2. The molecule has 0 saturated heterocycles. The summed E-state index contributed by atoms with van der Waals surface area (Å²) in [7, 11) is 0. The summed E-state index contributed by atoms with van der Waals surface area (Å²) in [6.45, 7) is 0.185. The molecule has 41 heavy (non-hydrogen) atoms. The maximum absolute atomic E-state index is 13.8. The van der Waals surface area contributed by atoms with Gasteiger partial charge in [0.1, 0.15) is 40.9 Å². The Balaban J connectivity index is 1.52. The Labute approximate surface area is 231 Å². The van der Waals surface area contributed by atoms with E-state index in [9.17, 15) is 23.2 Å². The first-order valence-corrected chi connectivity index (χ1v) is 12.2. The van der Waals surface area contributed by atoms with Gasteiger partial charge >= 0.3 is 0 Å². The van der Waals surface area contributed by atoms with Gasteiger partial charge in [-0.1, -0.05) is 24.1 Å². The van der Waals surface area contributed by atoms with Crippen molar-refractivity contribution >= 4 is 22.5 Å². The van der Waals surface area contributed by atoms with Crippen molar-refractivity contribution in [2.45, 2.75) is 12.8 Å². The molecule has 0 aliphatic carbocycles. The van der Waals surface area contributed by atoms with Crippen LogP contribution in [-0.4, -0.2) is 31.0 Å². The number of rotatable bonds is 6. The summed E-state index contributed by atoms with van der Waals surface area (Å²) in [4.78, 5) is 30.3. The van der Waals surface area contributed by atoms with Gasteiger partial charge in [0, 0.05) is 18.5 Å². The summed E-state index contributed by atoms with van der Waals surface area (Å²) in [6.07, 6.45) is -0.437. The minimum Gasteiger partial charge on any atom is -0.382 e. The van der Waals surface area contributed by atoms with Crippen molar-refractivity contribution in [3.8, 4) is 23.6 Å². The zero-order chi connectivity index (χ0) is 28.9. The quantitative estimate of drug-likeness (QED) is 0.300. The van der Waals surface area contributed by atoms with Crippen molar-refractivity contribution in [1.82, 2.24) is 24.5 Å². The summed E-state index contributed by atoms with van der Waals surface area (Å²) in [5.74, 6) is 5.81. The molecule has 0 spiro atoms. The number of nitrogens with zero attached hydrogens (tertiary/aromatic N) is 6. The first-order chi connectivity index (χ1) is 19.9. The Morgan fingerprint density at radius 3 is 2.63 bits per heavy atom. The molecule has 0 amide bonds. The van der Waals surface area contributed by atoms with Gasteiger partial charge in [0.15, 0.2) is 0 Å². The number of fused-ring (bicyclic) bond motifs is 1. The normalized spacial score (nSPS) is 10.7. The summed E-state index contributed by atoms with van der Waals surface area (Å²) in [5, 5.41) is 12.3. The van der Waals surface area contributed by atoms with E-state index < -0.39 is 23.4 Å². The average molecular weight is 553 g/mol. The SMILES string of the molecule is N#Cc1cccc(-n2c(CCNc3ncnc(N)c3C#Cc3ccc(F)cn3)nc3cccc(C(F)F)c3c2=O)c1. The predicted octanol–water partition coefficient (Wildman–Crippen LogP) is 4.16. The van der Waals surface area contributed by atoms with E-state index in [1.807, 2.05) is 6.07 Å². The molecular weight excluding hydrogens is 533 g/mol. The van der Waals surface area contributed by atoms with E-state index in [0.717, 1.165) is 6.20 Å². The molecule has 0 aliphatic heterocycles. The summed E-state index contributed by atoms with van der Waals surface area (Å²) < 4.78 is 42.0. The highest BCUT2D eigenvalue weighted by atomic mass is 19.3. The number of aromatic nitrogens is 5. The molecule has 0 fully saturated rings. The molecule has 0 radical (unpaired) electrons. The van der Waals surface area contributed by atoms with Crippen LogP contribution in [0.15, 0.2) is 71.9 Å². The molecule has 3 aromatic heterocycles. The minimum absolute atomic E-state index is 0.102. The molecule has 9 nitrogen and oxygen atoms in total. The molecule has 3 heterocycles. The third-order valence-corrected chi connectivity index (χ3v) is 6.03. The molecule has 12 heteroatoms. The van der Waals surface area contributed by atoms with Crippen molar-refractivity contribution < 1.29 is 13.2 Å². The van der Waals surface area contributed by atoms with Gasteiger partial charge in [-0.05, 0) is 42.3 Å². The van der Waals surface area contributed by atoms with Gasteiger partial charge in [-0.15, -0.1) is 0 Å². The Morgan fingerprint density at radius 1 is 1.05 bits per heavy atom. The monoisotopic (exact) mass is 552 g/mol. The molecule has 0 saturated carbocycles. The summed E-state index contributed by atoms with van der Waals surface area (Å²) >= 11 is 0. The van der Waals surface area contributed by atoms with Crippen LogP contribution in [0.5, 0.6) is 0 Å². The fourth-order valence-electron chi connectivity index (χ4n) is 4.16. The second kappa shape index (κ2) is 11.6. The van der Waals surface area contributed by atoms with Crippen molar-refractivity contribution in [3.05, 3.63) is 112 Å². The Hall–Kier alpha value is -5.75. The smallest absolute Gasteiger partial charge is 0.266 e. The first kappa shape index (κ1) is 26.8. The largest absolute Gasteiger partial charge is 0.382 e. The molecule has 2 aromatic carbocycles. The highest BCUT2D eigenvalue weighted by molar-refractivity contribution is 5.82. The van der Waals surface area contributed by atoms with Crippen LogP contribution in [0, 0.1) is 29.0 Å². The Morgan fingerprint density at radius 2 is 1.88 bits per heavy atom. The number of hydrogen-bond acceptors (Lipinski definition) is 8. The molecule has 5 aromatic rings. The predicted molar refractivity (Wildman–Crippen MR) is 146 cm³/mol. The van der Waals surface area contributed by atoms with Crippen LogP contribution in [0.4, 0.5) is 24.8 Å². The van der Waals surface area contributed by atoms with E-state index in [-0.39, 0.29) is 46.6 Å². The minimum atomic E-state index is -2.88. The van der Waals surface area contributed by atoms with Gasteiger partial charge in [0.2, 0.25) is 0 Å². The molecule has 0 aliphatic rings. The standard InChI is InChI=1S/C29H19F3N8O/c30-18-7-8-19(36-15-18)9-10-22-27(34)37-16-38-28(22)35-12-11-24-39-23-6-2-5-21(26(31)32)25(23)29(41)40(24)20-4-1-3-17(13-20)14-33/h1-8,13,15-16,26H,11-12H2,(H3,34,35,37,38). The van der Waals surface area contributed by atoms with E-state index in [0.29, 0.717) is 17.2 Å². The van der Waals surface area contributed by atoms with E-state index in [1.165, 1.54) is 47.3 Å². The third kappa shape index (κ3) is 5.67. The number of halogens is 3. The lowest BCUT2D eigenvalue weighted by molar-refractivity contribution is 0.153. The van der Waals surface area contributed by atoms with Crippen LogP contribution in [0.2, 0.25) is 0 Å². The number of pyridine rings is 1. The lowest BCUT2D eigenvalue weighted by Gasteiger charge is -2.16. The zero-order valence-electron chi connectivity index (χ0n) is 21.1. The van der Waals surface area contributed by atoms with Gasteiger partial charge in [-0.3, -0.25) is 9.36 Å². The fourth-order valence-corrected chi connectivity index (χ4v) is 4.16. The number of nitrogens with two attached hydrogens (primary N) is 1. The molecule has 202 valence electrons. The van der Waals surface area contributed by atoms with Crippen LogP contribution in [0.25, 0.3) is 16.6 Å². The van der Waals surface area contributed by atoms with Gasteiger partial charge in [0.25, 0.3) is 12.0 Å². The van der Waals surface area contributed by atoms with E-state index >= 15 is 0 Å². The highest BCUT2D eigenvalue weighted by Gasteiger charge is 2.20. The van der Waals surface area contributed by atoms with Crippen molar-refractivity contribution in [3.63, 3.8) is 0 Å². The lowest BCUT2D eigenvalue weighted by atomic mass is 10.1. The molecule has 5 rings (SSSR count). The molecular formula is C29H19F3N8O. The van der Waals surface area contributed by atoms with Gasteiger partial charge in [-0.25, -0.2) is 33.1 Å². The van der Waals surface area contributed by atoms with E-state index in [4.69, 9.17) is 5.73 Å². The maximum atomic E-state index is 13.8. The Bertz CT molecular complexity index is 1920. The van der Waals surface area contributed by atoms with Gasteiger partial charge in [0.05, 0.1) is 34.4 Å². The van der Waals surface area contributed by atoms with Crippen LogP contribution in [0.1, 0.15) is 34.6 Å². The van der Waals surface area contributed by atoms with Crippen LogP contribution < -0.4 is 16.6 Å². The Kier molecular flexibility index (Phi) is 7.56. The molecule has 0 bridgehead atoms. The number of benzene rings is 2. The second-order valence-electron chi connectivity index (χ2n) is 8.64. The topological polar surface area (TPSA) is 135 Å². The molecule has 3 N–H and O–H groups in total. The van der Waals surface area contributed by atoms with Gasteiger partial charge in [-0.2, -0.15) is 5.26 Å². The average Bonchev–Trinajstić information content (AvgIpc) is 2.97. The van der Waals surface area contributed by atoms with Crippen LogP contribution in [-0.2, 0) is 6.42 Å². The van der Waals surface area contributed by atoms with Crippen molar-refractivity contribution in [2.75, 3.05) is 17.6 Å². The number of nitrogens with one attached hydrogen (secondary N) is 1. The summed E-state index contributed by atoms with van der Waals surface area (Å²) in [5.41, 5.74) is 6.24. The van der Waals surface area contributed by atoms with E-state index in [1.54, 1.807) is 18.2 Å². The van der Waals surface area contributed by atoms with Crippen molar-refractivity contribution in [1.29, 1.82) is 5.26 Å². The van der Waals surface area contributed by atoms with Crippen LogP contribution >= 0.6 is 0 Å². The molecule has 0 unspecified atom stereocenters. The highest BCUT2D eigenvalue weighted by Crippen LogP contribution is 2.26. The lowest BCUT2D eigenvalue weighted by Crippen LogP contribution is -2.26. The number of hydrogen-bond donors (Lipinski definition) is 2. The van der Waals surface area contributed by atoms with Crippen molar-refractivity contribution in [2.24, 2.45) is 0 Å². The van der Waals surface area contributed by atoms with Crippen LogP contribution in [0.3, 0.4) is 0 Å². The molecule has 0 atom stereocenters. The summed E-state index contributed by atoms with van der Waals surface area (Å²) in [6, 6.07) is 15.0. The number of nitriles is 1. The fraction of sp³-hybridized carbons (Fsp3) is 0.103. The second-order valence-corrected chi connectivity index (χ2v) is 8.64. The van der Waals surface area contributed by atoms with Gasteiger partial charge < -0.3 is 11.1 Å². The number of alkyl halides is 2. The first-order valence-electron chi connectivity index (χ1n) is 12.2. The van der Waals surface area contributed by atoms with E-state index in [2.05, 4.69) is 37.1 Å².